The number of halogens is 2. The Labute approximate surface area is 201 Å². The molecular weight excluding hydrogens is 467 g/mol. The number of fused-ring (bicyclic) bond motifs is 3. The van der Waals surface area contributed by atoms with Gasteiger partial charge in [0.25, 0.3) is 5.56 Å². The van der Waals surface area contributed by atoms with Crippen LogP contribution in [0.3, 0.4) is 0 Å². The average molecular weight is 493 g/mol. The third-order valence-electron chi connectivity index (χ3n) is 5.94. The molecule has 0 bridgehead atoms. The third kappa shape index (κ3) is 4.57. The van der Waals surface area contributed by atoms with Gasteiger partial charge in [0, 0.05) is 4.88 Å². The summed E-state index contributed by atoms with van der Waals surface area (Å²) in [5.74, 6) is 0.263. The van der Waals surface area contributed by atoms with Crippen LogP contribution in [0.4, 0.5) is 5.69 Å². The van der Waals surface area contributed by atoms with Crippen LogP contribution in [0.2, 0.25) is 10.0 Å². The number of nitrogens with zero attached hydrogens (tertiary/aromatic N) is 3. The molecule has 32 heavy (non-hydrogen) atoms. The Morgan fingerprint density at radius 1 is 1.22 bits per heavy atom. The van der Waals surface area contributed by atoms with Gasteiger partial charge in [-0.15, -0.1) is 11.3 Å². The first-order chi connectivity index (χ1) is 15.4. The molecule has 0 fully saturated rings. The lowest BCUT2D eigenvalue weighted by Gasteiger charge is -2.20. The summed E-state index contributed by atoms with van der Waals surface area (Å²) in [6.45, 7) is 6.17. The maximum Gasteiger partial charge on any atom is 0.263 e. The van der Waals surface area contributed by atoms with E-state index in [1.54, 1.807) is 29.5 Å². The molecule has 0 unspecified atom stereocenters. The molecule has 1 aliphatic rings. The van der Waals surface area contributed by atoms with E-state index in [0.29, 0.717) is 28.5 Å². The number of nitrogens with one attached hydrogen (secondary N) is 1. The fraction of sp³-hybridized carbons (Fsp3) is 0.435. The van der Waals surface area contributed by atoms with Crippen molar-refractivity contribution in [3.8, 4) is 0 Å². The number of carbonyl (C=O) groups is 1. The largest absolute Gasteiger partial charge is 0.323 e. The normalized spacial score (nSPS) is 13.5. The van der Waals surface area contributed by atoms with Crippen LogP contribution in [0, 0.1) is 0 Å². The topological polar surface area (TPSA) is 67.2 Å². The average Bonchev–Trinajstić information content (AvgIpc) is 3.16. The van der Waals surface area contributed by atoms with Gasteiger partial charge in [-0.2, -0.15) is 0 Å². The van der Waals surface area contributed by atoms with E-state index in [2.05, 4.69) is 24.1 Å². The molecule has 9 heteroatoms. The van der Waals surface area contributed by atoms with Crippen LogP contribution in [-0.4, -0.2) is 33.4 Å². The third-order valence-corrected chi connectivity index (χ3v) is 7.95. The zero-order chi connectivity index (χ0) is 22.8. The summed E-state index contributed by atoms with van der Waals surface area (Å²) in [6.07, 6.45) is 4.11. The lowest BCUT2D eigenvalue weighted by atomic mass is 9.97. The molecule has 4 rings (SSSR count). The van der Waals surface area contributed by atoms with Crippen molar-refractivity contribution in [3.05, 3.63) is 54.9 Å². The number of hydrogen-bond donors (Lipinski definition) is 1. The highest BCUT2D eigenvalue weighted by Crippen LogP contribution is 2.34. The molecule has 6 nitrogen and oxygen atoms in total. The highest BCUT2D eigenvalue weighted by Gasteiger charge is 2.23. The molecule has 1 aromatic carbocycles. The van der Waals surface area contributed by atoms with Crippen LogP contribution in [0.15, 0.2) is 23.0 Å². The minimum atomic E-state index is -0.345. The Balaban J connectivity index is 1.74. The standard InChI is InChI=1S/C23H26Cl2N4O2S/c1-3-28(4-2)12-18-27-22-20(14-8-5-6-11-17(14)32-22)23(31)29(18)13-19(30)26-16-10-7-9-15(24)21(16)25/h7,9-10H,3-6,8,11-13H2,1-2H3,(H,26,30). The van der Waals surface area contributed by atoms with E-state index < -0.39 is 0 Å². The lowest BCUT2D eigenvalue weighted by Crippen LogP contribution is -2.34. The summed E-state index contributed by atoms with van der Waals surface area (Å²) in [7, 11) is 0. The van der Waals surface area contributed by atoms with Crippen LogP contribution in [0.25, 0.3) is 10.2 Å². The molecule has 0 spiro atoms. The zero-order valence-electron chi connectivity index (χ0n) is 18.2. The van der Waals surface area contributed by atoms with Crippen LogP contribution in [-0.2, 0) is 30.7 Å². The lowest BCUT2D eigenvalue weighted by molar-refractivity contribution is -0.116. The van der Waals surface area contributed by atoms with Crippen molar-refractivity contribution in [2.45, 2.75) is 52.6 Å². The molecule has 1 amide bonds. The van der Waals surface area contributed by atoms with E-state index in [1.807, 2.05) is 0 Å². The van der Waals surface area contributed by atoms with Gasteiger partial charge in [-0.25, -0.2) is 4.98 Å². The predicted octanol–water partition coefficient (Wildman–Crippen LogP) is 5.12. The Morgan fingerprint density at radius 3 is 2.72 bits per heavy atom. The number of rotatable bonds is 7. The van der Waals surface area contributed by atoms with Crippen LogP contribution in [0.5, 0.6) is 0 Å². The van der Waals surface area contributed by atoms with Crippen LogP contribution >= 0.6 is 34.5 Å². The number of thiophene rings is 1. The molecule has 1 aliphatic carbocycles. The van der Waals surface area contributed by atoms with Crippen molar-refractivity contribution in [1.82, 2.24) is 14.5 Å². The van der Waals surface area contributed by atoms with E-state index in [1.165, 1.54) is 9.44 Å². The monoisotopic (exact) mass is 492 g/mol. The minimum Gasteiger partial charge on any atom is -0.323 e. The molecule has 0 saturated heterocycles. The Bertz CT molecular complexity index is 1220. The maximum atomic E-state index is 13.6. The summed E-state index contributed by atoms with van der Waals surface area (Å²) in [5.41, 5.74) is 1.41. The van der Waals surface area contributed by atoms with Gasteiger partial charge in [0.15, 0.2) is 0 Å². The Hall–Kier alpha value is -1.93. The molecule has 170 valence electrons. The zero-order valence-corrected chi connectivity index (χ0v) is 20.5. The molecular formula is C23H26Cl2N4O2S. The summed E-state index contributed by atoms with van der Waals surface area (Å²) in [5, 5.41) is 4.10. The van der Waals surface area contributed by atoms with Crippen LogP contribution in [0.1, 0.15) is 43.0 Å². The smallest absolute Gasteiger partial charge is 0.263 e. The second kappa shape index (κ2) is 9.91. The number of anilines is 1. The van der Waals surface area contributed by atoms with Crippen LogP contribution < -0.4 is 10.9 Å². The first-order valence-electron chi connectivity index (χ1n) is 10.9. The number of hydrogen-bond acceptors (Lipinski definition) is 5. The maximum absolute atomic E-state index is 13.6. The molecule has 2 heterocycles. The second-order valence-electron chi connectivity index (χ2n) is 7.92. The Morgan fingerprint density at radius 2 is 1.97 bits per heavy atom. The van der Waals surface area contributed by atoms with Crippen molar-refractivity contribution >= 4 is 56.3 Å². The van der Waals surface area contributed by atoms with Crippen molar-refractivity contribution < 1.29 is 4.79 Å². The van der Waals surface area contributed by atoms with Crippen molar-refractivity contribution in [2.75, 3.05) is 18.4 Å². The van der Waals surface area contributed by atoms with E-state index >= 15 is 0 Å². The SMILES string of the molecule is CCN(CC)Cc1nc2sc3c(c2c(=O)n1CC(=O)Nc1cccc(Cl)c1Cl)CCCC3. The van der Waals surface area contributed by atoms with Crippen molar-refractivity contribution in [3.63, 3.8) is 0 Å². The van der Waals surface area contributed by atoms with Gasteiger partial charge >= 0.3 is 0 Å². The number of carbonyl (C=O) groups excluding carboxylic acids is 1. The quantitative estimate of drug-likeness (QED) is 0.496. The molecule has 0 aliphatic heterocycles. The highest BCUT2D eigenvalue weighted by molar-refractivity contribution is 7.18. The van der Waals surface area contributed by atoms with Crippen molar-refractivity contribution in [2.24, 2.45) is 0 Å². The van der Waals surface area contributed by atoms with Gasteiger partial charge in [-0.05, 0) is 56.5 Å². The van der Waals surface area contributed by atoms with E-state index in [0.717, 1.165) is 49.2 Å². The first kappa shape index (κ1) is 23.2. The van der Waals surface area contributed by atoms with Gasteiger partial charge < -0.3 is 5.32 Å². The molecule has 3 aromatic rings. The highest BCUT2D eigenvalue weighted by atomic mass is 35.5. The van der Waals surface area contributed by atoms with Gasteiger partial charge in [-0.3, -0.25) is 19.1 Å². The van der Waals surface area contributed by atoms with Gasteiger partial charge in [0.2, 0.25) is 5.91 Å². The summed E-state index contributed by atoms with van der Waals surface area (Å²) >= 11 is 13.9. The molecule has 2 aromatic heterocycles. The van der Waals surface area contributed by atoms with Crippen molar-refractivity contribution in [1.29, 1.82) is 0 Å². The van der Waals surface area contributed by atoms with E-state index in [4.69, 9.17) is 28.2 Å². The summed E-state index contributed by atoms with van der Waals surface area (Å²) in [4.78, 5) is 35.7. The second-order valence-corrected chi connectivity index (χ2v) is 9.79. The minimum absolute atomic E-state index is 0.133. The molecule has 0 saturated carbocycles. The van der Waals surface area contributed by atoms with Gasteiger partial charge in [0.1, 0.15) is 17.2 Å². The number of aryl methyl sites for hydroxylation is 2. The molecule has 0 atom stereocenters. The molecule has 0 radical (unpaired) electrons. The number of amides is 1. The fourth-order valence-electron chi connectivity index (χ4n) is 4.15. The molecule has 1 N–H and O–H groups in total. The first-order valence-corrected chi connectivity index (χ1v) is 12.5. The van der Waals surface area contributed by atoms with Gasteiger partial charge in [-0.1, -0.05) is 43.1 Å². The van der Waals surface area contributed by atoms with E-state index in [9.17, 15) is 9.59 Å². The summed E-state index contributed by atoms with van der Waals surface area (Å²) in [6, 6.07) is 5.05. The summed E-state index contributed by atoms with van der Waals surface area (Å²) < 4.78 is 1.52. The predicted molar refractivity (Wildman–Crippen MR) is 132 cm³/mol. The van der Waals surface area contributed by atoms with Gasteiger partial charge in [0.05, 0.1) is 27.7 Å². The number of benzene rings is 1. The fourth-order valence-corrected chi connectivity index (χ4v) is 5.76. The Kier molecular flexibility index (Phi) is 7.20. The van der Waals surface area contributed by atoms with E-state index in [-0.39, 0.29) is 23.0 Å². The number of aromatic nitrogens is 2.